The van der Waals surface area contributed by atoms with E-state index in [0.717, 1.165) is 16.8 Å². The van der Waals surface area contributed by atoms with Gasteiger partial charge in [0.2, 0.25) is 11.8 Å². The van der Waals surface area contributed by atoms with Gasteiger partial charge in [-0.15, -0.1) is 12.4 Å². The number of carbonyl (C=O) groups is 2. The second kappa shape index (κ2) is 9.40. The molecule has 0 bridgehead atoms. The van der Waals surface area contributed by atoms with Crippen molar-refractivity contribution in [2.75, 3.05) is 32.6 Å². The van der Waals surface area contributed by atoms with Crippen LogP contribution in [0.5, 0.6) is 0 Å². The molecule has 2 amide bonds. The number of ether oxygens (including phenoxy) is 1. The van der Waals surface area contributed by atoms with Gasteiger partial charge in [-0.2, -0.15) is 0 Å². The summed E-state index contributed by atoms with van der Waals surface area (Å²) in [6, 6.07) is 4.93. The van der Waals surface area contributed by atoms with Crippen molar-refractivity contribution in [1.29, 1.82) is 0 Å². The molecule has 1 aromatic rings. The quantitative estimate of drug-likeness (QED) is 0.818. The van der Waals surface area contributed by atoms with Gasteiger partial charge in [0.15, 0.2) is 0 Å². The monoisotopic (exact) mass is 329 g/mol. The van der Waals surface area contributed by atoms with Gasteiger partial charge in [0.25, 0.3) is 0 Å². The van der Waals surface area contributed by atoms with Crippen LogP contribution in [0.1, 0.15) is 11.1 Å². The molecule has 0 aromatic heterocycles. The number of aryl methyl sites for hydroxylation is 1. The van der Waals surface area contributed by atoms with Crippen molar-refractivity contribution in [2.45, 2.75) is 19.9 Å². The van der Waals surface area contributed by atoms with Crippen molar-refractivity contribution in [2.24, 2.45) is 5.73 Å². The minimum absolute atomic E-state index is 0. The van der Waals surface area contributed by atoms with E-state index in [1.807, 2.05) is 32.0 Å². The lowest BCUT2D eigenvalue weighted by molar-refractivity contribution is -0.135. The highest BCUT2D eigenvalue weighted by molar-refractivity contribution is 5.95. The summed E-state index contributed by atoms with van der Waals surface area (Å²) in [5, 5.41) is 2.80. The molecule has 124 valence electrons. The van der Waals surface area contributed by atoms with Crippen molar-refractivity contribution >= 4 is 29.9 Å². The Hall–Kier alpha value is -1.63. The Morgan fingerprint density at radius 1 is 1.36 bits per heavy atom. The molecule has 22 heavy (non-hydrogen) atoms. The zero-order valence-corrected chi connectivity index (χ0v) is 14.2. The van der Waals surface area contributed by atoms with E-state index in [9.17, 15) is 9.59 Å². The fourth-order valence-electron chi connectivity index (χ4n) is 1.90. The third-order valence-electron chi connectivity index (χ3n) is 3.30. The van der Waals surface area contributed by atoms with E-state index in [2.05, 4.69) is 5.32 Å². The number of anilines is 1. The molecule has 0 spiro atoms. The SMILES string of the molecule is COCC(N)C(=O)N(C)CC(=O)Nc1cccc(C)c1C.Cl. The van der Waals surface area contributed by atoms with Crippen molar-refractivity contribution in [3.8, 4) is 0 Å². The molecular formula is C15H24ClN3O3. The van der Waals surface area contributed by atoms with Gasteiger partial charge in [0.1, 0.15) is 6.04 Å². The van der Waals surface area contributed by atoms with Crippen LogP contribution in [0, 0.1) is 13.8 Å². The molecule has 0 radical (unpaired) electrons. The minimum atomic E-state index is -0.756. The van der Waals surface area contributed by atoms with Crippen LogP contribution in [0.15, 0.2) is 18.2 Å². The Balaban J connectivity index is 0.00000441. The normalized spacial score (nSPS) is 11.3. The van der Waals surface area contributed by atoms with Gasteiger partial charge in [-0.05, 0) is 31.0 Å². The first-order valence-corrected chi connectivity index (χ1v) is 6.72. The number of methoxy groups -OCH3 is 1. The third-order valence-corrected chi connectivity index (χ3v) is 3.30. The Morgan fingerprint density at radius 3 is 2.59 bits per heavy atom. The molecule has 0 aliphatic heterocycles. The molecule has 0 heterocycles. The predicted octanol–water partition coefficient (Wildman–Crippen LogP) is 1.10. The molecule has 6 nitrogen and oxygen atoms in total. The first kappa shape index (κ1) is 20.4. The highest BCUT2D eigenvalue weighted by Gasteiger charge is 2.20. The number of carbonyl (C=O) groups excluding carboxylic acids is 2. The van der Waals surface area contributed by atoms with Crippen LogP contribution < -0.4 is 11.1 Å². The van der Waals surface area contributed by atoms with Gasteiger partial charge in [0.05, 0.1) is 13.2 Å². The maximum absolute atomic E-state index is 12.0. The number of hydrogen-bond donors (Lipinski definition) is 2. The second-order valence-electron chi connectivity index (χ2n) is 5.05. The number of rotatable bonds is 6. The van der Waals surface area contributed by atoms with Crippen LogP contribution in [0.3, 0.4) is 0 Å². The molecule has 1 aromatic carbocycles. The van der Waals surface area contributed by atoms with E-state index >= 15 is 0 Å². The summed E-state index contributed by atoms with van der Waals surface area (Å²) >= 11 is 0. The third kappa shape index (κ3) is 5.63. The zero-order chi connectivity index (χ0) is 16.0. The number of likely N-dealkylation sites (N-methyl/N-ethyl adjacent to an activating group) is 1. The maximum Gasteiger partial charge on any atom is 0.243 e. The summed E-state index contributed by atoms with van der Waals surface area (Å²) in [4.78, 5) is 25.2. The molecule has 0 aliphatic carbocycles. The molecule has 3 N–H and O–H groups in total. The number of nitrogens with two attached hydrogens (primary N) is 1. The Kier molecular flexibility index (Phi) is 8.70. The maximum atomic E-state index is 12.0. The lowest BCUT2D eigenvalue weighted by Gasteiger charge is -2.20. The van der Waals surface area contributed by atoms with Crippen molar-refractivity contribution < 1.29 is 14.3 Å². The van der Waals surface area contributed by atoms with Gasteiger partial charge in [0, 0.05) is 19.8 Å². The first-order chi connectivity index (χ1) is 9.86. The van der Waals surface area contributed by atoms with Gasteiger partial charge in [-0.25, -0.2) is 0 Å². The van der Waals surface area contributed by atoms with Crippen molar-refractivity contribution in [1.82, 2.24) is 4.90 Å². The Bertz CT molecular complexity index is 523. The number of nitrogens with one attached hydrogen (secondary N) is 1. The number of amides is 2. The van der Waals surface area contributed by atoms with E-state index in [1.54, 1.807) is 7.05 Å². The number of hydrogen-bond acceptors (Lipinski definition) is 4. The fourth-order valence-corrected chi connectivity index (χ4v) is 1.90. The van der Waals surface area contributed by atoms with Crippen LogP contribution in [0.4, 0.5) is 5.69 Å². The molecule has 0 fully saturated rings. The molecule has 0 saturated heterocycles. The molecule has 0 aliphatic rings. The molecule has 0 saturated carbocycles. The van der Waals surface area contributed by atoms with E-state index in [-0.39, 0.29) is 37.4 Å². The van der Waals surface area contributed by atoms with E-state index in [4.69, 9.17) is 10.5 Å². The lowest BCUT2D eigenvalue weighted by atomic mass is 10.1. The van der Waals surface area contributed by atoms with Gasteiger partial charge < -0.3 is 20.7 Å². The van der Waals surface area contributed by atoms with Gasteiger partial charge >= 0.3 is 0 Å². The van der Waals surface area contributed by atoms with Crippen molar-refractivity contribution in [3.63, 3.8) is 0 Å². The largest absolute Gasteiger partial charge is 0.383 e. The van der Waals surface area contributed by atoms with E-state index < -0.39 is 6.04 Å². The topological polar surface area (TPSA) is 84.7 Å². The lowest BCUT2D eigenvalue weighted by Crippen LogP contribution is -2.46. The first-order valence-electron chi connectivity index (χ1n) is 6.72. The summed E-state index contributed by atoms with van der Waals surface area (Å²) in [6.07, 6.45) is 0. The zero-order valence-electron chi connectivity index (χ0n) is 13.4. The number of benzene rings is 1. The van der Waals surface area contributed by atoms with E-state index in [0.29, 0.717) is 0 Å². The molecule has 1 unspecified atom stereocenters. The van der Waals surface area contributed by atoms with Crippen LogP contribution in [0.2, 0.25) is 0 Å². The molecule has 1 atom stereocenters. The van der Waals surface area contributed by atoms with Crippen LogP contribution in [0.25, 0.3) is 0 Å². The Labute approximate surface area is 137 Å². The molecular weight excluding hydrogens is 306 g/mol. The standard InChI is InChI=1S/C15H23N3O3.ClH/c1-10-6-5-7-13(11(10)2)17-14(19)8-18(3)15(20)12(16)9-21-4;/h5-7,12H,8-9,16H2,1-4H3,(H,17,19);1H. The highest BCUT2D eigenvalue weighted by Crippen LogP contribution is 2.17. The highest BCUT2D eigenvalue weighted by atomic mass is 35.5. The molecule has 7 heteroatoms. The van der Waals surface area contributed by atoms with Gasteiger partial charge in [-0.1, -0.05) is 12.1 Å². The van der Waals surface area contributed by atoms with Crippen LogP contribution >= 0.6 is 12.4 Å². The van der Waals surface area contributed by atoms with E-state index in [1.165, 1.54) is 12.0 Å². The summed E-state index contributed by atoms with van der Waals surface area (Å²) < 4.78 is 4.83. The Morgan fingerprint density at radius 2 is 2.00 bits per heavy atom. The summed E-state index contributed by atoms with van der Waals surface area (Å²) in [5.74, 6) is -0.586. The predicted molar refractivity (Wildman–Crippen MR) is 89.3 cm³/mol. The minimum Gasteiger partial charge on any atom is -0.383 e. The number of nitrogens with zero attached hydrogens (tertiary/aromatic N) is 1. The number of halogens is 1. The second-order valence-corrected chi connectivity index (χ2v) is 5.05. The smallest absolute Gasteiger partial charge is 0.243 e. The molecule has 1 rings (SSSR count). The van der Waals surface area contributed by atoms with Crippen LogP contribution in [-0.2, 0) is 14.3 Å². The van der Waals surface area contributed by atoms with Crippen molar-refractivity contribution in [3.05, 3.63) is 29.3 Å². The average molecular weight is 330 g/mol. The summed E-state index contributed by atoms with van der Waals surface area (Å²) in [7, 11) is 3.01. The summed E-state index contributed by atoms with van der Waals surface area (Å²) in [6.45, 7) is 3.99. The fraction of sp³-hybridized carbons (Fsp3) is 0.467. The summed E-state index contributed by atoms with van der Waals surface area (Å²) in [5.41, 5.74) is 8.51. The average Bonchev–Trinajstić information content (AvgIpc) is 2.43. The van der Waals surface area contributed by atoms with Gasteiger partial charge in [-0.3, -0.25) is 9.59 Å². The van der Waals surface area contributed by atoms with Crippen LogP contribution in [-0.4, -0.2) is 50.1 Å².